The lowest BCUT2D eigenvalue weighted by molar-refractivity contribution is -0.147. The number of hydrogen-bond acceptors (Lipinski definition) is 1. The van der Waals surface area contributed by atoms with E-state index in [1.54, 1.807) is 0 Å². The molecule has 1 heteroatoms. The molecule has 68 valence electrons. The van der Waals surface area contributed by atoms with Gasteiger partial charge in [-0.2, -0.15) is 0 Å². The maximum atomic E-state index is 11.7. The van der Waals surface area contributed by atoms with Crippen molar-refractivity contribution < 1.29 is 4.79 Å². The van der Waals surface area contributed by atoms with Crippen LogP contribution in [0, 0.1) is 23.2 Å². The quantitative estimate of drug-likeness (QED) is 0.540. The fraction of sp³-hybridized carbons (Fsp3) is 0.909. The van der Waals surface area contributed by atoms with Gasteiger partial charge in [-0.15, -0.1) is 0 Å². The summed E-state index contributed by atoms with van der Waals surface area (Å²) in [5.41, 5.74) is 0.459. The first-order valence-electron chi connectivity index (χ1n) is 5.06. The van der Waals surface area contributed by atoms with Crippen LogP contribution in [-0.2, 0) is 4.79 Å². The Morgan fingerprint density at radius 2 is 2.00 bits per heavy atom. The van der Waals surface area contributed by atoms with Gasteiger partial charge in [0.2, 0.25) is 0 Å². The predicted octanol–water partition coefficient (Wildman–Crippen LogP) is 2.65. The van der Waals surface area contributed by atoms with Gasteiger partial charge in [-0.1, -0.05) is 20.8 Å². The highest BCUT2D eigenvalue weighted by Crippen LogP contribution is 2.56. The average Bonchev–Trinajstić information content (AvgIpc) is 1.97. The van der Waals surface area contributed by atoms with Gasteiger partial charge in [0.05, 0.1) is 0 Å². The largest absolute Gasteiger partial charge is 0.299 e. The van der Waals surface area contributed by atoms with Crippen LogP contribution in [0.4, 0.5) is 0 Å². The Morgan fingerprint density at radius 3 is 2.58 bits per heavy atom. The molecule has 0 aromatic rings. The molecule has 0 N–H and O–H groups in total. The summed E-state index contributed by atoms with van der Waals surface area (Å²) in [5, 5.41) is 0. The van der Waals surface area contributed by atoms with E-state index >= 15 is 0 Å². The number of rotatable bonds is 0. The molecule has 2 rings (SSSR count). The van der Waals surface area contributed by atoms with Gasteiger partial charge in [-0.25, -0.2) is 0 Å². The van der Waals surface area contributed by atoms with Crippen molar-refractivity contribution in [2.24, 2.45) is 23.2 Å². The Kier molecular flexibility index (Phi) is 1.61. The van der Waals surface area contributed by atoms with Crippen LogP contribution in [0.2, 0.25) is 0 Å². The summed E-state index contributed by atoms with van der Waals surface area (Å²) < 4.78 is 0. The van der Waals surface area contributed by atoms with Gasteiger partial charge < -0.3 is 0 Å². The molecule has 2 aliphatic rings. The zero-order valence-electron chi connectivity index (χ0n) is 8.26. The van der Waals surface area contributed by atoms with E-state index < -0.39 is 0 Å². The lowest BCUT2D eigenvalue weighted by Crippen LogP contribution is -2.51. The van der Waals surface area contributed by atoms with Crippen LogP contribution in [0.3, 0.4) is 0 Å². The zero-order chi connectivity index (χ0) is 8.93. The first kappa shape index (κ1) is 8.28. The van der Waals surface area contributed by atoms with Crippen molar-refractivity contribution >= 4 is 5.78 Å². The zero-order valence-corrected chi connectivity index (χ0v) is 8.26. The number of carbonyl (C=O) groups is 1. The minimum Gasteiger partial charge on any atom is -0.299 e. The van der Waals surface area contributed by atoms with E-state index in [2.05, 4.69) is 20.8 Å². The minimum atomic E-state index is 0.349. The number of Topliss-reactive ketones (excluding diaryl/α,β-unsaturated/α-hetero) is 1. The van der Waals surface area contributed by atoms with Crippen LogP contribution in [0.5, 0.6) is 0 Å². The normalized spacial score (nSPS) is 44.9. The fourth-order valence-electron chi connectivity index (χ4n) is 3.07. The molecule has 0 radical (unpaired) electrons. The molecule has 2 saturated carbocycles. The summed E-state index contributed by atoms with van der Waals surface area (Å²) in [4.78, 5) is 11.7. The van der Waals surface area contributed by atoms with Gasteiger partial charge in [-0.05, 0) is 30.6 Å². The molecule has 1 nitrogen and oxygen atoms in total. The summed E-state index contributed by atoms with van der Waals surface area (Å²) in [5.74, 6) is 2.04. The Morgan fingerprint density at radius 1 is 1.33 bits per heavy atom. The van der Waals surface area contributed by atoms with E-state index in [-0.39, 0.29) is 0 Å². The van der Waals surface area contributed by atoms with Crippen molar-refractivity contribution in [3.05, 3.63) is 0 Å². The van der Waals surface area contributed by atoms with Gasteiger partial charge >= 0.3 is 0 Å². The summed E-state index contributed by atoms with van der Waals surface area (Å²) >= 11 is 0. The van der Waals surface area contributed by atoms with Crippen molar-refractivity contribution in [2.75, 3.05) is 0 Å². The second kappa shape index (κ2) is 2.34. The highest BCUT2D eigenvalue weighted by molar-refractivity contribution is 5.85. The molecule has 0 aromatic carbocycles. The summed E-state index contributed by atoms with van der Waals surface area (Å²) in [6.45, 7) is 6.69. The number of hydrogen-bond donors (Lipinski definition) is 0. The molecular weight excluding hydrogens is 148 g/mol. The lowest BCUT2D eigenvalue weighted by atomic mass is 9.49. The third kappa shape index (κ3) is 0.949. The van der Waals surface area contributed by atoms with E-state index in [9.17, 15) is 4.79 Å². The maximum absolute atomic E-state index is 11.7. The second-order valence-corrected chi connectivity index (χ2v) is 5.29. The average molecular weight is 166 g/mol. The third-order valence-electron chi connectivity index (χ3n) is 4.00. The fourth-order valence-corrected chi connectivity index (χ4v) is 3.07. The van der Waals surface area contributed by atoms with Gasteiger partial charge in [0.1, 0.15) is 5.78 Å². The van der Waals surface area contributed by atoms with E-state index in [0.717, 1.165) is 12.8 Å². The first-order valence-corrected chi connectivity index (χ1v) is 5.06. The Labute approximate surface area is 74.5 Å². The van der Waals surface area contributed by atoms with Crippen molar-refractivity contribution in [3.63, 3.8) is 0 Å². The highest BCUT2D eigenvalue weighted by Gasteiger charge is 2.52. The van der Waals surface area contributed by atoms with Crippen molar-refractivity contribution in [2.45, 2.75) is 40.0 Å². The molecule has 0 aliphatic heterocycles. The first-order chi connectivity index (χ1) is 5.52. The second-order valence-electron chi connectivity index (χ2n) is 5.29. The van der Waals surface area contributed by atoms with Gasteiger partial charge in [0.15, 0.2) is 0 Å². The standard InChI is InChI=1S/C11H18O/c1-7-4-5-9-8(10(7)12)6-11(9,2)3/h7-9H,4-6H2,1-3H3/t7?,8-,9-/m0/s1. The topological polar surface area (TPSA) is 17.1 Å². The molecule has 2 fully saturated rings. The number of carbonyl (C=O) groups excluding carboxylic acids is 1. The van der Waals surface area contributed by atoms with Gasteiger partial charge in [0, 0.05) is 11.8 Å². The summed E-state index contributed by atoms with van der Waals surface area (Å²) in [7, 11) is 0. The van der Waals surface area contributed by atoms with Gasteiger partial charge in [0.25, 0.3) is 0 Å². The van der Waals surface area contributed by atoms with Gasteiger partial charge in [-0.3, -0.25) is 4.79 Å². The van der Waals surface area contributed by atoms with E-state index in [1.165, 1.54) is 6.42 Å². The van der Waals surface area contributed by atoms with E-state index in [1.807, 2.05) is 0 Å². The Balaban J connectivity index is 2.12. The van der Waals surface area contributed by atoms with Crippen LogP contribution in [0.25, 0.3) is 0 Å². The van der Waals surface area contributed by atoms with Crippen molar-refractivity contribution in [1.82, 2.24) is 0 Å². The van der Waals surface area contributed by atoms with E-state index in [4.69, 9.17) is 0 Å². The number of ketones is 1. The highest BCUT2D eigenvalue weighted by atomic mass is 16.1. The van der Waals surface area contributed by atoms with E-state index in [0.29, 0.717) is 29.0 Å². The van der Waals surface area contributed by atoms with Crippen molar-refractivity contribution in [3.8, 4) is 0 Å². The molecule has 0 saturated heterocycles. The molecule has 1 unspecified atom stereocenters. The summed E-state index contributed by atoms with van der Waals surface area (Å²) in [6, 6.07) is 0. The monoisotopic (exact) mass is 166 g/mol. The molecule has 0 aromatic heterocycles. The Bertz CT molecular complexity index is 217. The molecule has 0 bridgehead atoms. The predicted molar refractivity (Wildman–Crippen MR) is 48.8 cm³/mol. The Hall–Kier alpha value is -0.330. The minimum absolute atomic E-state index is 0.349. The van der Waals surface area contributed by atoms with Crippen LogP contribution in [0.15, 0.2) is 0 Å². The van der Waals surface area contributed by atoms with Crippen LogP contribution in [0.1, 0.15) is 40.0 Å². The molecule has 12 heavy (non-hydrogen) atoms. The van der Waals surface area contributed by atoms with Crippen LogP contribution < -0.4 is 0 Å². The number of fused-ring (bicyclic) bond motifs is 1. The van der Waals surface area contributed by atoms with Crippen LogP contribution in [-0.4, -0.2) is 5.78 Å². The van der Waals surface area contributed by atoms with Crippen LogP contribution >= 0.6 is 0 Å². The maximum Gasteiger partial charge on any atom is 0.139 e. The molecule has 0 amide bonds. The molecule has 0 heterocycles. The molecular formula is C11H18O. The summed E-state index contributed by atoms with van der Waals surface area (Å²) in [6.07, 6.45) is 3.55. The smallest absolute Gasteiger partial charge is 0.139 e. The molecule has 2 aliphatic carbocycles. The molecule has 0 spiro atoms. The van der Waals surface area contributed by atoms with Crippen molar-refractivity contribution in [1.29, 1.82) is 0 Å². The SMILES string of the molecule is CC1CC[C@H]2[C@H](CC2(C)C)C1=O. The molecule has 3 atom stereocenters. The lowest BCUT2D eigenvalue weighted by Gasteiger charge is -2.54. The third-order valence-corrected chi connectivity index (χ3v) is 4.00.